The summed E-state index contributed by atoms with van der Waals surface area (Å²) in [4.78, 5) is 11.8. The maximum Gasteiger partial charge on any atom is 0.311 e. The maximum absolute atomic E-state index is 12.3. The van der Waals surface area contributed by atoms with Gasteiger partial charge in [0.25, 0.3) is 0 Å². The lowest BCUT2D eigenvalue weighted by Gasteiger charge is -2.29. The molecule has 4 rings (SSSR count). The molecule has 4 aromatic carbocycles. The Morgan fingerprint density at radius 1 is 0.475 bits per heavy atom. The Hall–Kier alpha value is -3.66. The number of methoxy groups -OCH3 is 8. The van der Waals surface area contributed by atoms with E-state index in [1.165, 1.54) is 20.3 Å². The Morgan fingerprint density at radius 3 is 1.08 bits per heavy atom. The topological polar surface area (TPSA) is 117 Å². The number of hydrogen-bond acceptors (Lipinski definition) is 10. The van der Waals surface area contributed by atoms with Crippen LogP contribution >= 0.6 is 63.7 Å². The third kappa shape index (κ3) is 10.8. The van der Waals surface area contributed by atoms with Crippen LogP contribution in [0.1, 0.15) is 76.0 Å². The normalized spacial score (nSPS) is 12.7. The second-order valence-electron chi connectivity index (χ2n) is 13.2. The van der Waals surface area contributed by atoms with Crippen LogP contribution in [0, 0.1) is 10.1 Å². The molecule has 0 aromatic heterocycles. The van der Waals surface area contributed by atoms with E-state index in [1.54, 1.807) is 48.7 Å². The molecule has 3 atom stereocenters. The van der Waals surface area contributed by atoms with Crippen molar-refractivity contribution in [3.8, 4) is 46.0 Å². The van der Waals surface area contributed by atoms with Gasteiger partial charge >= 0.3 is 5.69 Å². The van der Waals surface area contributed by atoms with E-state index in [0.717, 1.165) is 39.8 Å². The van der Waals surface area contributed by atoms with Crippen molar-refractivity contribution in [3.05, 3.63) is 104 Å². The molecule has 0 radical (unpaired) electrons. The summed E-state index contributed by atoms with van der Waals surface area (Å²) in [5.41, 5.74) is 5.88. The summed E-state index contributed by atoms with van der Waals surface area (Å²) in [6, 6.07) is 15.2. The molecule has 0 aliphatic heterocycles. The van der Waals surface area contributed by atoms with Crippen LogP contribution in [0.5, 0.6) is 46.0 Å². The first-order valence-corrected chi connectivity index (χ1v) is 23.1. The van der Waals surface area contributed by atoms with E-state index in [0.29, 0.717) is 80.0 Å². The van der Waals surface area contributed by atoms with Crippen LogP contribution < -0.4 is 37.9 Å². The van der Waals surface area contributed by atoms with Crippen molar-refractivity contribution in [1.82, 2.24) is 0 Å². The van der Waals surface area contributed by atoms with Gasteiger partial charge < -0.3 is 37.9 Å². The van der Waals surface area contributed by atoms with Crippen LogP contribution in [0.2, 0.25) is 0 Å². The van der Waals surface area contributed by atoms with Gasteiger partial charge in [-0.25, -0.2) is 0 Å². The highest BCUT2D eigenvalue weighted by atomic mass is 79.9. The van der Waals surface area contributed by atoms with E-state index >= 15 is 0 Å². The van der Waals surface area contributed by atoms with Gasteiger partial charge in [0.05, 0.1) is 61.8 Å². The minimum absolute atomic E-state index is 0.104. The highest BCUT2D eigenvalue weighted by Crippen LogP contribution is 2.50. The van der Waals surface area contributed by atoms with Crippen molar-refractivity contribution >= 4 is 75.5 Å². The lowest BCUT2D eigenvalue weighted by Crippen LogP contribution is -2.13. The van der Waals surface area contributed by atoms with Crippen molar-refractivity contribution in [2.24, 2.45) is 0 Å². The molecule has 0 spiro atoms. The van der Waals surface area contributed by atoms with Crippen molar-refractivity contribution in [1.29, 1.82) is 0 Å². The SMILES string of the molecule is COc1cc(OC)c(C(CCBr)c2cc(C(CCBr)c3cc(C(CCBr)c4cc([N+](=O)[O-])c(OC)cc4OC)c(OC)cc3OC)c(OC)cc2OC)cc1/C=C/CBr. The molecule has 0 aliphatic rings. The van der Waals surface area contributed by atoms with Gasteiger partial charge in [0, 0.05) is 108 Å². The molecular weight excluding hydrogens is 1020 g/mol. The average Bonchev–Trinajstić information content (AvgIpc) is 3.26. The number of nitrogens with zero attached hydrogens (tertiary/aromatic N) is 1. The number of halogens is 4. The first kappa shape index (κ1) is 48.0. The first-order valence-electron chi connectivity index (χ1n) is 18.7. The molecule has 320 valence electrons. The highest BCUT2D eigenvalue weighted by molar-refractivity contribution is 9.09. The van der Waals surface area contributed by atoms with Gasteiger partial charge in [0.2, 0.25) is 5.75 Å². The number of nitro groups is 1. The fourth-order valence-electron chi connectivity index (χ4n) is 7.59. The molecule has 3 unspecified atom stereocenters. The van der Waals surface area contributed by atoms with E-state index < -0.39 is 10.8 Å². The number of allylic oxidation sites excluding steroid dienone is 1. The standard InChI is InChI=1S/C44H51Br4NO10/c1-52-37-22-38(53-2)30(18-26(37)10-9-14-45)27(11-15-46)31-19-32(40(55-4)23-39(31)54-3)28(12-16-47)33-20-34(42(57-6)24-41(33)56-5)29(13-17-48)35-21-36(49(50)51)44(59-8)25-43(35)58-7/h9-10,18-25,27-29H,11-17H2,1-8H3/b10-9+. The van der Waals surface area contributed by atoms with Crippen molar-refractivity contribution in [2.75, 3.05) is 78.2 Å². The number of nitro benzene ring substituents is 1. The lowest BCUT2D eigenvalue weighted by molar-refractivity contribution is -0.385. The zero-order chi connectivity index (χ0) is 43.2. The molecule has 4 aromatic rings. The van der Waals surface area contributed by atoms with Crippen LogP contribution in [0.3, 0.4) is 0 Å². The molecule has 0 aliphatic carbocycles. The summed E-state index contributed by atoms with van der Waals surface area (Å²) < 4.78 is 47.4. The van der Waals surface area contributed by atoms with Crippen LogP contribution in [-0.4, -0.2) is 83.1 Å². The van der Waals surface area contributed by atoms with Gasteiger partial charge in [-0.05, 0) is 37.5 Å². The highest BCUT2D eigenvalue weighted by Gasteiger charge is 2.32. The molecule has 0 bridgehead atoms. The Kier molecular flexibility index (Phi) is 19.0. The molecule has 59 heavy (non-hydrogen) atoms. The average molecular weight is 1070 g/mol. The van der Waals surface area contributed by atoms with Crippen molar-refractivity contribution in [2.45, 2.75) is 37.0 Å². The third-order valence-corrected chi connectivity index (χ3v) is 12.1. The first-order chi connectivity index (χ1) is 28.6. The van der Waals surface area contributed by atoms with E-state index in [4.69, 9.17) is 37.9 Å². The summed E-state index contributed by atoms with van der Waals surface area (Å²) in [5, 5.41) is 14.9. The number of hydrogen-bond donors (Lipinski definition) is 0. The van der Waals surface area contributed by atoms with E-state index in [9.17, 15) is 10.1 Å². The number of rotatable bonds is 23. The van der Waals surface area contributed by atoms with Gasteiger partial charge in [-0.15, -0.1) is 0 Å². The summed E-state index contributed by atoms with van der Waals surface area (Å²) in [6.45, 7) is 0. The van der Waals surface area contributed by atoms with E-state index in [2.05, 4.69) is 81.9 Å². The molecule has 0 fully saturated rings. The predicted molar refractivity (Wildman–Crippen MR) is 248 cm³/mol. The molecule has 15 heteroatoms. The van der Waals surface area contributed by atoms with Gasteiger partial charge in [0.15, 0.2) is 0 Å². The maximum atomic E-state index is 12.3. The molecular formula is C44H51Br4NO10. The van der Waals surface area contributed by atoms with Gasteiger partial charge in [-0.1, -0.05) is 75.9 Å². The summed E-state index contributed by atoms with van der Waals surface area (Å²) >= 11 is 14.6. The Bertz CT molecular complexity index is 2080. The smallest absolute Gasteiger partial charge is 0.311 e. The van der Waals surface area contributed by atoms with Crippen LogP contribution in [0.4, 0.5) is 5.69 Å². The van der Waals surface area contributed by atoms with Crippen LogP contribution in [0.25, 0.3) is 6.08 Å². The molecule has 0 saturated heterocycles. The second-order valence-corrected chi connectivity index (χ2v) is 16.2. The zero-order valence-electron chi connectivity index (χ0n) is 34.5. The van der Waals surface area contributed by atoms with Crippen LogP contribution in [-0.2, 0) is 0 Å². The van der Waals surface area contributed by atoms with Crippen LogP contribution in [0.15, 0.2) is 54.6 Å². The number of benzene rings is 4. The molecule has 0 saturated carbocycles. The van der Waals surface area contributed by atoms with E-state index in [1.807, 2.05) is 30.4 Å². The predicted octanol–water partition coefficient (Wildman–Crippen LogP) is 11.8. The minimum Gasteiger partial charge on any atom is -0.496 e. The number of ether oxygens (including phenoxy) is 8. The largest absolute Gasteiger partial charge is 0.496 e. The van der Waals surface area contributed by atoms with Crippen molar-refractivity contribution < 1.29 is 42.8 Å². The third-order valence-electron chi connectivity index (χ3n) is 10.3. The minimum atomic E-state index is -0.450. The summed E-state index contributed by atoms with van der Waals surface area (Å²) in [7, 11) is 12.8. The van der Waals surface area contributed by atoms with Crippen molar-refractivity contribution in [3.63, 3.8) is 0 Å². The second kappa shape index (κ2) is 23.4. The van der Waals surface area contributed by atoms with Gasteiger partial charge in [-0.2, -0.15) is 0 Å². The zero-order valence-corrected chi connectivity index (χ0v) is 40.8. The molecule has 0 heterocycles. The Labute approximate surface area is 380 Å². The lowest BCUT2D eigenvalue weighted by atomic mass is 9.80. The fraction of sp³-hybridized carbons (Fsp3) is 0.409. The quantitative estimate of drug-likeness (QED) is 0.0404. The summed E-state index contributed by atoms with van der Waals surface area (Å²) in [5.74, 6) is 3.57. The molecule has 0 N–H and O–H groups in total. The fourth-order valence-corrected chi connectivity index (χ4v) is 9.16. The molecule has 0 amide bonds. The van der Waals surface area contributed by atoms with Gasteiger partial charge in [0.1, 0.15) is 40.2 Å². The number of alkyl halides is 4. The molecule has 11 nitrogen and oxygen atoms in total. The van der Waals surface area contributed by atoms with Gasteiger partial charge in [-0.3, -0.25) is 10.1 Å². The Morgan fingerprint density at radius 2 is 0.780 bits per heavy atom. The van der Waals surface area contributed by atoms with E-state index in [-0.39, 0.29) is 23.3 Å². The monoisotopic (exact) mass is 1070 g/mol. The Balaban J connectivity index is 2.08. The summed E-state index contributed by atoms with van der Waals surface area (Å²) in [6.07, 6.45) is 5.98.